The minimum atomic E-state index is -0.890. The van der Waals surface area contributed by atoms with Crippen molar-refractivity contribution in [2.45, 2.75) is 0 Å². The number of nitro benzene ring substituents is 1. The third-order valence-electron chi connectivity index (χ3n) is 2.98. The molecule has 112 valence electrons. The molecule has 0 saturated heterocycles. The van der Waals surface area contributed by atoms with Crippen molar-refractivity contribution in [3.8, 4) is 11.1 Å². The summed E-state index contributed by atoms with van der Waals surface area (Å²) in [4.78, 5) is 33.1. The van der Waals surface area contributed by atoms with Gasteiger partial charge in [0.25, 0.3) is 5.69 Å². The summed E-state index contributed by atoms with van der Waals surface area (Å²) in [5.41, 5.74) is 9.71. The smallest absolute Gasteiger partial charge is 0.272 e. The van der Waals surface area contributed by atoms with Gasteiger partial charge in [0.2, 0.25) is 11.8 Å². The highest BCUT2D eigenvalue weighted by molar-refractivity contribution is 6.08. The quantitative estimate of drug-likeness (QED) is 0.656. The van der Waals surface area contributed by atoms with E-state index in [9.17, 15) is 24.1 Å². The van der Waals surface area contributed by atoms with Crippen LogP contribution in [0.25, 0.3) is 11.1 Å². The highest BCUT2D eigenvalue weighted by Crippen LogP contribution is 2.31. The highest BCUT2D eigenvalue weighted by Gasteiger charge is 2.20. The van der Waals surface area contributed by atoms with Crippen LogP contribution < -0.4 is 11.5 Å². The average molecular weight is 303 g/mol. The van der Waals surface area contributed by atoms with E-state index in [0.29, 0.717) is 0 Å². The van der Waals surface area contributed by atoms with Crippen molar-refractivity contribution in [2.75, 3.05) is 0 Å². The van der Waals surface area contributed by atoms with Gasteiger partial charge in [0.05, 0.1) is 11.0 Å². The Morgan fingerprint density at radius 2 is 1.59 bits per heavy atom. The average Bonchev–Trinajstić information content (AvgIpc) is 2.45. The summed E-state index contributed by atoms with van der Waals surface area (Å²) >= 11 is 0. The number of carbonyl (C=O) groups excluding carboxylic acids is 2. The first-order valence-electron chi connectivity index (χ1n) is 5.99. The van der Waals surface area contributed by atoms with Gasteiger partial charge in [-0.3, -0.25) is 19.7 Å². The van der Waals surface area contributed by atoms with E-state index < -0.39 is 28.2 Å². The molecule has 0 aromatic heterocycles. The van der Waals surface area contributed by atoms with Crippen LogP contribution in [0.1, 0.15) is 20.7 Å². The Morgan fingerprint density at radius 3 is 2.05 bits per heavy atom. The van der Waals surface area contributed by atoms with Crippen LogP contribution in [-0.2, 0) is 0 Å². The number of hydrogen-bond donors (Lipinski definition) is 2. The van der Waals surface area contributed by atoms with Crippen LogP contribution in [-0.4, -0.2) is 16.7 Å². The van der Waals surface area contributed by atoms with Gasteiger partial charge >= 0.3 is 0 Å². The number of nitro groups is 1. The number of halogens is 1. The molecule has 0 spiro atoms. The lowest BCUT2D eigenvalue weighted by molar-refractivity contribution is -0.385. The van der Waals surface area contributed by atoms with Crippen molar-refractivity contribution >= 4 is 17.5 Å². The molecule has 2 aromatic rings. The lowest BCUT2D eigenvalue weighted by Gasteiger charge is -2.11. The Hall–Kier alpha value is -3.29. The SMILES string of the molecule is NC(=O)c1cccc(C(N)=O)c1-c1cc(F)cc([N+](=O)[O-])c1. The Bertz CT molecular complexity index is 772. The van der Waals surface area contributed by atoms with Crippen LogP contribution in [0.3, 0.4) is 0 Å². The van der Waals surface area contributed by atoms with E-state index in [0.717, 1.165) is 18.2 Å². The van der Waals surface area contributed by atoms with Crippen LogP contribution in [0.15, 0.2) is 36.4 Å². The minimum absolute atomic E-state index is 0.0325. The van der Waals surface area contributed by atoms with Gasteiger partial charge in [-0.05, 0) is 23.8 Å². The van der Waals surface area contributed by atoms with Gasteiger partial charge in [0.15, 0.2) is 0 Å². The van der Waals surface area contributed by atoms with Crippen molar-refractivity contribution in [3.63, 3.8) is 0 Å². The zero-order chi connectivity index (χ0) is 16.4. The van der Waals surface area contributed by atoms with Gasteiger partial charge in [-0.15, -0.1) is 0 Å². The summed E-state index contributed by atoms with van der Waals surface area (Å²) in [6.45, 7) is 0. The fraction of sp³-hybridized carbons (Fsp3) is 0. The zero-order valence-corrected chi connectivity index (χ0v) is 11.1. The van der Waals surface area contributed by atoms with Crippen molar-refractivity contribution in [2.24, 2.45) is 11.5 Å². The summed E-state index contributed by atoms with van der Waals surface area (Å²) in [7, 11) is 0. The third kappa shape index (κ3) is 2.75. The number of benzene rings is 2. The second-order valence-corrected chi connectivity index (χ2v) is 4.41. The first kappa shape index (κ1) is 15.1. The molecular formula is C14H10FN3O4. The molecule has 22 heavy (non-hydrogen) atoms. The van der Waals surface area contributed by atoms with Gasteiger partial charge in [-0.25, -0.2) is 4.39 Å². The zero-order valence-electron chi connectivity index (χ0n) is 11.1. The molecule has 0 radical (unpaired) electrons. The monoisotopic (exact) mass is 303 g/mol. The van der Waals surface area contributed by atoms with Crippen molar-refractivity contribution in [3.05, 3.63) is 63.5 Å². The van der Waals surface area contributed by atoms with E-state index in [-0.39, 0.29) is 22.3 Å². The molecule has 0 aliphatic rings. The first-order chi connectivity index (χ1) is 10.3. The van der Waals surface area contributed by atoms with Gasteiger partial charge < -0.3 is 11.5 Å². The van der Waals surface area contributed by atoms with E-state index in [1.807, 2.05) is 0 Å². The lowest BCUT2D eigenvalue weighted by atomic mass is 9.93. The molecule has 8 heteroatoms. The number of carbonyl (C=O) groups is 2. The van der Waals surface area contributed by atoms with Crippen molar-refractivity contribution in [1.29, 1.82) is 0 Å². The Kier molecular flexibility index (Phi) is 3.85. The summed E-state index contributed by atoms with van der Waals surface area (Å²) in [5.74, 6) is -2.63. The molecule has 7 nitrogen and oxygen atoms in total. The normalized spacial score (nSPS) is 10.2. The molecule has 0 aliphatic carbocycles. The van der Waals surface area contributed by atoms with Gasteiger partial charge in [-0.2, -0.15) is 0 Å². The molecule has 0 atom stereocenters. The summed E-state index contributed by atoms with van der Waals surface area (Å²) in [6.07, 6.45) is 0. The largest absolute Gasteiger partial charge is 0.366 e. The van der Waals surface area contributed by atoms with Crippen molar-refractivity contribution in [1.82, 2.24) is 0 Å². The topological polar surface area (TPSA) is 129 Å². The molecule has 0 unspecified atom stereocenters. The van der Waals surface area contributed by atoms with Gasteiger partial charge in [0, 0.05) is 22.8 Å². The molecule has 0 bridgehead atoms. The third-order valence-corrected chi connectivity index (χ3v) is 2.98. The molecular weight excluding hydrogens is 293 g/mol. The maximum absolute atomic E-state index is 13.6. The van der Waals surface area contributed by atoms with E-state index in [4.69, 9.17) is 11.5 Å². The van der Waals surface area contributed by atoms with E-state index in [1.54, 1.807) is 0 Å². The maximum atomic E-state index is 13.6. The summed E-state index contributed by atoms with van der Waals surface area (Å²) in [5, 5.41) is 10.8. The van der Waals surface area contributed by atoms with Crippen LogP contribution in [0, 0.1) is 15.9 Å². The highest BCUT2D eigenvalue weighted by atomic mass is 19.1. The van der Waals surface area contributed by atoms with Crippen LogP contribution in [0.4, 0.5) is 10.1 Å². The van der Waals surface area contributed by atoms with Crippen LogP contribution >= 0.6 is 0 Å². The Balaban J connectivity index is 2.84. The number of amides is 2. The fourth-order valence-electron chi connectivity index (χ4n) is 2.10. The molecule has 4 N–H and O–H groups in total. The van der Waals surface area contributed by atoms with Crippen LogP contribution in [0.5, 0.6) is 0 Å². The number of non-ortho nitro benzene ring substituents is 1. The number of nitrogens with two attached hydrogens (primary N) is 2. The predicted molar refractivity (Wildman–Crippen MR) is 75.5 cm³/mol. The Labute approximate surface area is 123 Å². The predicted octanol–water partition coefficient (Wildman–Crippen LogP) is 1.60. The van der Waals surface area contributed by atoms with Gasteiger partial charge in [0.1, 0.15) is 5.82 Å². The fourth-order valence-corrected chi connectivity index (χ4v) is 2.10. The number of hydrogen-bond acceptors (Lipinski definition) is 4. The maximum Gasteiger partial charge on any atom is 0.272 e. The molecule has 2 rings (SSSR count). The standard InChI is InChI=1S/C14H10FN3O4/c15-8-4-7(5-9(6-8)18(21)22)12-10(13(16)19)2-1-3-11(12)14(17)20/h1-6H,(H2,16,19)(H2,17,20). The summed E-state index contributed by atoms with van der Waals surface area (Å²) in [6, 6.07) is 6.75. The van der Waals surface area contributed by atoms with Gasteiger partial charge in [-0.1, -0.05) is 6.07 Å². The lowest BCUT2D eigenvalue weighted by Crippen LogP contribution is -2.18. The number of rotatable bonds is 4. The van der Waals surface area contributed by atoms with E-state index in [1.165, 1.54) is 18.2 Å². The minimum Gasteiger partial charge on any atom is -0.366 e. The molecule has 0 saturated carbocycles. The molecule has 2 amide bonds. The van der Waals surface area contributed by atoms with E-state index in [2.05, 4.69) is 0 Å². The molecule has 2 aromatic carbocycles. The molecule has 0 heterocycles. The van der Waals surface area contributed by atoms with Crippen molar-refractivity contribution < 1.29 is 18.9 Å². The van der Waals surface area contributed by atoms with Crippen LogP contribution in [0.2, 0.25) is 0 Å². The Morgan fingerprint density at radius 1 is 1.05 bits per heavy atom. The van der Waals surface area contributed by atoms with E-state index >= 15 is 0 Å². The second-order valence-electron chi connectivity index (χ2n) is 4.41. The molecule has 0 fully saturated rings. The summed E-state index contributed by atoms with van der Waals surface area (Å²) < 4.78 is 13.6. The molecule has 0 aliphatic heterocycles. The number of primary amides is 2. The first-order valence-corrected chi connectivity index (χ1v) is 5.99. The number of nitrogens with zero attached hydrogens (tertiary/aromatic N) is 1. The second kappa shape index (κ2) is 5.60.